The molecule has 1 aromatic carbocycles. The van der Waals surface area contributed by atoms with E-state index >= 15 is 0 Å². The molecule has 0 atom stereocenters. The van der Waals surface area contributed by atoms with Gasteiger partial charge in [-0.2, -0.15) is 4.98 Å². The first-order valence-corrected chi connectivity index (χ1v) is 11.2. The number of piperazine rings is 1. The molecule has 1 aliphatic rings. The number of carbonyl (C=O) groups is 1. The predicted octanol–water partition coefficient (Wildman–Crippen LogP) is 1.96. The number of ether oxygens (including phenoxy) is 2. The van der Waals surface area contributed by atoms with Crippen molar-refractivity contribution in [2.75, 3.05) is 43.9 Å². The normalized spacial score (nSPS) is 15.0. The van der Waals surface area contributed by atoms with Crippen molar-refractivity contribution in [3.63, 3.8) is 0 Å². The van der Waals surface area contributed by atoms with Gasteiger partial charge in [0.1, 0.15) is 22.1 Å². The molecule has 0 radical (unpaired) electrons. The van der Waals surface area contributed by atoms with Crippen LogP contribution in [0.5, 0.6) is 5.75 Å². The van der Waals surface area contributed by atoms with E-state index in [1.165, 1.54) is 25.4 Å². The zero-order valence-electron chi connectivity index (χ0n) is 18.0. The molecule has 2 aromatic rings. The molecule has 2 heterocycles. The number of nitrogens with two attached hydrogens (primary N) is 1. The number of hydrogen-bond acceptors (Lipinski definition) is 9. The number of methoxy groups -OCH3 is 1. The molecule has 11 heteroatoms. The van der Waals surface area contributed by atoms with Crippen molar-refractivity contribution in [1.82, 2.24) is 14.9 Å². The standard InChI is InChI=1S/C20H27N5O5S/c1-20(2,3)30-19(26)25-11-9-24(10-12-25)18-22-13-16(17(21)23-18)31(27,28)15-7-5-14(29-4)6-8-15/h5-8,13H,9-12H2,1-4H3,(H2,21,22,23). The van der Waals surface area contributed by atoms with Gasteiger partial charge in [0.05, 0.1) is 18.2 Å². The molecule has 0 unspecified atom stereocenters. The Morgan fingerprint density at radius 3 is 2.23 bits per heavy atom. The van der Waals surface area contributed by atoms with E-state index in [-0.39, 0.29) is 21.7 Å². The van der Waals surface area contributed by atoms with E-state index in [9.17, 15) is 13.2 Å². The van der Waals surface area contributed by atoms with Crippen LogP contribution in [0.3, 0.4) is 0 Å². The van der Waals surface area contributed by atoms with Gasteiger partial charge in [0, 0.05) is 26.2 Å². The van der Waals surface area contributed by atoms with E-state index in [4.69, 9.17) is 15.2 Å². The summed E-state index contributed by atoms with van der Waals surface area (Å²) >= 11 is 0. The molecule has 10 nitrogen and oxygen atoms in total. The Bertz CT molecular complexity index is 1040. The number of nitrogen functional groups attached to an aromatic ring is 1. The lowest BCUT2D eigenvalue weighted by Crippen LogP contribution is -2.50. The Morgan fingerprint density at radius 2 is 1.71 bits per heavy atom. The monoisotopic (exact) mass is 449 g/mol. The van der Waals surface area contributed by atoms with Crippen LogP contribution in [0.15, 0.2) is 40.3 Å². The molecule has 2 N–H and O–H groups in total. The van der Waals surface area contributed by atoms with Crippen LogP contribution in [0.4, 0.5) is 16.6 Å². The van der Waals surface area contributed by atoms with Crippen molar-refractivity contribution in [3.8, 4) is 5.75 Å². The summed E-state index contributed by atoms with van der Waals surface area (Å²) in [4.78, 5) is 24.0. The summed E-state index contributed by atoms with van der Waals surface area (Å²) < 4.78 is 36.3. The highest BCUT2D eigenvalue weighted by molar-refractivity contribution is 7.91. The first kappa shape index (κ1) is 22.6. The van der Waals surface area contributed by atoms with E-state index in [2.05, 4.69) is 9.97 Å². The number of carbonyl (C=O) groups excluding carboxylic acids is 1. The maximum Gasteiger partial charge on any atom is 0.410 e. The molecular weight excluding hydrogens is 422 g/mol. The average molecular weight is 450 g/mol. The minimum Gasteiger partial charge on any atom is -0.497 e. The molecule has 3 rings (SSSR count). The third-order valence-electron chi connectivity index (χ3n) is 4.64. The van der Waals surface area contributed by atoms with E-state index in [0.717, 1.165) is 0 Å². The van der Waals surface area contributed by atoms with Crippen molar-refractivity contribution in [2.24, 2.45) is 0 Å². The van der Waals surface area contributed by atoms with E-state index in [0.29, 0.717) is 37.9 Å². The van der Waals surface area contributed by atoms with Crippen molar-refractivity contribution in [3.05, 3.63) is 30.5 Å². The smallest absolute Gasteiger partial charge is 0.410 e. The third kappa shape index (κ3) is 5.16. The van der Waals surface area contributed by atoms with Gasteiger partial charge in [0.25, 0.3) is 0 Å². The summed E-state index contributed by atoms with van der Waals surface area (Å²) in [6.07, 6.45) is 0.853. The fourth-order valence-electron chi connectivity index (χ4n) is 3.03. The van der Waals surface area contributed by atoms with Crippen LogP contribution in [0.1, 0.15) is 20.8 Å². The highest BCUT2D eigenvalue weighted by atomic mass is 32.2. The second kappa shape index (κ2) is 8.58. The number of aromatic nitrogens is 2. The van der Waals surface area contributed by atoms with Gasteiger partial charge in [0.15, 0.2) is 0 Å². The summed E-state index contributed by atoms with van der Waals surface area (Å²) in [7, 11) is -2.37. The molecule has 0 spiro atoms. The van der Waals surface area contributed by atoms with Crippen molar-refractivity contribution >= 4 is 27.7 Å². The van der Waals surface area contributed by atoms with E-state index in [1.54, 1.807) is 17.0 Å². The number of sulfone groups is 1. The SMILES string of the molecule is COc1ccc(S(=O)(=O)c2cnc(N3CCN(C(=O)OC(C)(C)C)CC3)nc2N)cc1. The largest absolute Gasteiger partial charge is 0.497 e. The number of hydrogen-bond donors (Lipinski definition) is 1. The Kier molecular flexibility index (Phi) is 6.25. The number of rotatable bonds is 4. The van der Waals surface area contributed by atoms with Crippen molar-refractivity contribution in [2.45, 2.75) is 36.2 Å². The summed E-state index contributed by atoms with van der Waals surface area (Å²) in [5.41, 5.74) is 5.43. The minimum atomic E-state index is -3.87. The third-order valence-corrected chi connectivity index (χ3v) is 6.43. The molecule has 1 fully saturated rings. The number of nitrogens with zero attached hydrogens (tertiary/aromatic N) is 4. The number of anilines is 2. The van der Waals surface area contributed by atoms with Crippen LogP contribution in [0.25, 0.3) is 0 Å². The van der Waals surface area contributed by atoms with Gasteiger partial charge in [-0.3, -0.25) is 0 Å². The molecule has 31 heavy (non-hydrogen) atoms. The quantitative estimate of drug-likeness (QED) is 0.745. The van der Waals surface area contributed by atoms with E-state index in [1.807, 2.05) is 25.7 Å². The Hall–Kier alpha value is -3.08. The maximum atomic E-state index is 12.9. The zero-order chi connectivity index (χ0) is 22.8. The van der Waals surface area contributed by atoms with Gasteiger partial charge in [-0.15, -0.1) is 0 Å². The van der Waals surface area contributed by atoms with Crippen LogP contribution < -0.4 is 15.4 Å². The van der Waals surface area contributed by atoms with E-state index < -0.39 is 15.4 Å². The number of benzene rings is 1. The zero-order valence-corrected chi connectivity index (χ0v) is 18.8. The number of amides is 1. The van der Waals surface area contributed by atoms with Gasteiger partial charge < -0.3 is 25.0 Å². The summed E-state index contributed by atoms with van der Waals surface area (Å²) in [5.74, 6) is 0.731. The average Bonchev–Trinajstić information content (AvgIpc) is 2.72. The fraction of sp³-hybridized carbons (Fsp3) is 0.450. The summed E-state index contributed by atoms with van der Waals surface area (Å²) in [6, 6.07) is 6.00. The highest BCUT2D eigenvalue weighted by Crippen LogP contribution is 2.27. The summed E-state index contributed by atoms with van der Waals surface area (Å²) in [5, 5.41) is 0. The second-order valence-electron chi connectivity index (χ2n) is 8.05. The van der Waals surface area contributed by atoms with Gasteiger partial charge in [0.2, 0.25) is 15.8 Å². The van der Waals surface area contributed by atoms with Gasteiger partial charge in [-0.1, -0.05) is 0 Å². The topological polar surface area (TPSA) is 128 Å². The maximum absolute atomic E-state index is 12.9. The second-order valence-corrected chi connectivity index (χ2v) is 9.97. The molecule has 0 saturated carbocycles. The predicted molar refractivity (Wildman–Crippen MR) is 115 cm³/mol. The lowest BCUT2D eigenvalue weighted by molar-refractivity contribution is 0.0240. The molecular formula is C20H27N5O5S. The van der Waals surface area contributed by atoms with Crippen LogP contribution >= 0.6 is 0 Å². The molecule has 1 aromatic heterocycles. The van der Waals surface area contributed by atoms with Crippen molar-refractivity contribution in [1.29, 1.82) is 0 Å². The first-order chi connectivity index (χ1) is 14.5. The lowest BCUT2D eigenvalue weighted by atomic mass is 10.2. The Labute approximate surface area is 181 Å². The highest BCUT2D eigenvalue weighted by Gasteiger charge is 2.28. The summed E-state index contributed by atoms with van der Waals surface area (Å²) in [6.45, 7) is 7.28. The van der Waals surface area contributed by atoms with Gasteiger partial charge in [-0.25, -0.2) is 18.2 Å². The van der Waals surface area contributed by atoms with Crippen LogP contribution in [0, 0.1) is 0 Å². The minimum absolute atomic E-state index is 0.0716. The fourth-order valence-corrected chi connectivity index (χ4v) is 4.29. The van der Waals surface area contributed by atoms with Crippen LogP contribution in [-0.2, 0) is 14.6 Å². The van der Waals surface area contributed by atoms with Gasteiger partial charge in [-0.05, 0) is 45.0 Å². The molecule has 168 valence electrons. The van der Waals surface area contributed by atoms with Crippen LogP contribution in [0.2, 0.25) is 0 Å². The molecule has 1 saturated heterocycles. The molecule has 0 bridgehead atoms. The van der Waals surface area contributed by atoms with Crippen LogP contribution in [-0.4, -0.2) is 68.3 Å². The Morgan fingerprint density at radius 1 is 1.10 bits per heavy atom. The molecule has 0 aliphatic carbocycles. The van der Waals surface area contributed by atoms with Crippen molar-refractivity contribution < 1.29 is 22.7 Å². The Balaban J connectivity index is 1.72. The molecule has 1 amide bonds. The first-order valence-electron chi connectivity index (χ1n) is 9.76. The molecule has 1 aliphatic heterocycles. The lowest BCUT2D eigenvalue weighted by Gasteiger charge is -2.35. The van der Waals surface area contributed by atoms with Gasteiger partial charge >= 0.3 is 6.09 Å².